The lowest BCUT2D eigenvalue weighted by Gasteiger charge is -2.16. The van der Waals surface area contributed by atoms with Crippen LogP contribution in [0.5, 0.6) is 0 Å². The van der Waals surface area contributed by atoms with Crippen LogP contribution in [-0.2, 0) is 4.79 Å². The third-order valence-electron chi connectivity index (χ3n) is 10.7. The number of rotatable bonds is 35. The van der Waals surface area contributed by atoms with Crippen LogP contribution in [0.15, 0.2) is 24.3 Å². The molecular formula is C48H94O2. The monoisotopic (exact) mass is 703 g/mol. The Morgan fingerprint density at radius 2 is 0.760 bits per heavy atom. The number of carboxylic acid groups (broad SMARTS) is 1. The van der Waals surface area contributed by atoms with E-state index in [2.05, 4.69) is 86.6 Å². The molecule has 0 bridgehead atoms. The maximum atomic E-state index is 10.3. The van der Waals surface area contributed by atoms with Gasteiger partial charge in [-0.05, 0) is 74.0 Å². The maximum Gasteiger partial charge on any atom is 0.303 e. The summed E-state index contributed by atoms with van der Waals surface area (Å²) in [5, 5.41) is 8.50. The Hall–Kier alpha value is -1.05. The Bertz CT molecular complexity index is 700. The van der Waals surface area contributed by atoms with E-state index in [1.54, 1.807) is 0 Å². The molecule has 0 amide bonds. The molecule has 0 aliphatic carbocycles. The van der Waals surface area contributed by atoms with Gasteiger partial charge in [0.25, 0.3) is 0 Å². The molecule has 4 unspecified atom stereocenters. The molecule has 298 valence electrons. The summed E-state index contributed by atoms with van der Waals surface area (Å²) in [5.41, 5.74) is 0. The van der Waals surface area contributed by atoms with E-state index < -0.39 is 5.97 Å². The zero-order valence-electron chi connectivity index (χ0n) is 35.9. The van der Waals surface area contributed by atoms with E-state index in [0.29, 0.717) is 6.42 Å². The van der Waals surface area contributed by atoms with Crippen molar-refractivity contribution in [3.05, 3.63) is 24.3 Å². The summed E-state index contributed by atoms with van der Waals surface area (Å²) in [6.45, 7) is 21.6. The molecule has 4 atom stereocenters. The molecule has 0 aliphatic rings. The molecule has 0 saturated heterocycles. The van der Waals surface area contributed by atoms with Gasteiger partial charge in [0, 0.05) is 6.42 Å². The van der Waals surface area contributed by atoms with Gasteiger partial charge in [0.1, 0.15) is 0 Å². The average molecular weight is 703 g/mol. The zero-order chi connectivity index (χ0) is 37.7. The molecule has 0 saturated carbocycles. The summed E-state index contributed by atoms with van der Waals surface area (Å²) in [4.78, 5) is 10.3. The van der Waals surface area contributed by atoms with Gasteiger partial charge in [-0.1, -0.05) is 221 Å². The van der Waals surface area contributed by atoms with Gasteiger partial charge in [-0.3, -0.25) is 4.79 Å². The highest BCUT2D eigenvalue weighted by Gasteiger charge is 2.09. The molecule has 1 N–H and O–H groups in total. The lowest BCUT2D eigenvalue weighted by molar-refractivity contribution is -0.137. The summed E-state index contributed by atoms with van der Waals surface area (Å²) >= 11 is 0. The van der Waals surface area contributed by atoms with Crippen LogP contribution in [0.3, 0.4) is 0 Å². The van der Waals surface area contributed by atoms with Crippen molar-refractivity contribution in [2.75, 3.05) is 0 Å². The molecule has 2 heteroatoms. The highest BCUT2D eigenvalue weighted by molar-refractivity contribution is 5.66. The Labute approximate surface area is 316 Å². The molecule has 0 rings (SSSR count). The Balaban J connectivity index is 0. The molecule has 0 radical (unpaired) electrons. The molecule has 0 aromatic heterocycles. The number of allylic oxidation sites excluding steroid dienone is 4. The molecule has 0 heterocycles. The zero-order valence-corrected chi connectivity index (χ0v) is 35.9. The van der Waals surface area contributed by atoms with Crippen molar-refractivity contribution in [2.45, 2.75) is 242 Å². The van der Waals surface area contributed by atoms with Crippen molar-refractivity contribution in [1.82, 2.24) is 0 Å². The standard InChI is InChI=1S/C30H62.C18H32O2/c1-25(2)15-11-19-29(7)23-13-21-27(5)17-9-10-18-28(6)22-14-24-30(8)20-12-16-26(3)4;1-2-3-4-5-6-7-8-9-10-11-12-13-14-15-16-17-18(19)20/h25-30H,9-24H2,1-8H3;6-7,9-10H,2-5,8,11-17H2,1H3,(H,19,20)/b;7-6-,10-9-. The van der Waals surface area contributed by atoms with E-state index in [1.165, 1.54) is 148 Å². The first kappa shape index (κ1) is 51.1. The molecule has 50 heavy (non-hydrogen) atoms. The first-order chi connectivity index (χ1) is 24.0. The fourth-order valence-electron chi connectivity index (χ4n) is 7.03. The highest BCUT2D eigenvalue weighted by atomic mass is 16.4. The lowest BCUT2D eigenvalue weighted by Crippen LogP contribution is -2.01. The van der Waals surface area contributed by atoms with Crippen LogP contribution in [-0.4, -0.2) is 11.1 Å². The summed E-state index contributed by atoms with van der Waals surface area (Å²) in [6.07, 6.45) is 45.4. The van der Waals surface area contributed by atoms with Crippen molar-refractivity contribution in [1.29, 1.82) is 0 Å². The van der Waals surface area contributed by atoms with Gasteiger partial charge in [-0.25, -0.2) is 0 Å². The SMILES string of the molecule is CC(C)CCCC(C)CCCC(C)CCCCC(C)CCCC(C)CCCC(C)C.CCCCC/C=C\C/C=C\CCCCCCCC(=O)O. The van der Waals surface area contributed by atoms with Gasteiger partial charge in [0.05, 0.1) is 0 Å². The summed E-state index contributed by atoms with van der Waals surface area (Å²) in [7, 11) is 0. The van der Waals surface area contributed by atoms with E-state index in [1.807, 2.05) is 0 Å². The van der Waals surface area contributed by atoms with E-state index in [4.69, 9.17) is 5.11 Å². The fraction of sp³-hybridized carbons (Fsp3) is 0.896. The summed E-state index contributed by atoms with van der Waals surface area (Å²) in [5.74, 6) is 4.84. The second-order valence-corrected chi connectivity index (χ2v) is 17.6. The van der Waals surface area contributed by atoms with Gasteiger partial charge in [-0.15, -0.1) is 0 Å². The van der Waals surface area contributed by atoms with Crippen LogP contribution in [0.1, 0.15) is 242 Å². The number of carboxylic acids is 1. The number of aliphatic carboxylic acids is 1. The second-order valence-electron chi connectivity index (χ2n) is 17.6. The molecular weight excluding hydrogens is 609 g/mol. The topological polar surface area (TPSA) is 37.3 Å². The molecule has 0 fully saturated rings. The molecule has 0 aliphatic heterocycles. The molecule has 0 aromatic carbocycles. The minimum atomic E-state index is -0.671. The second kappa shape index (κ2) is 39.2. The Kier molecular flexibility index (Phi) is 40.0. The van der Waals surface area contributed by atoms with E-state index in [0.717, 1.165) is 61.2 Å². The van der Waals surface area contributed by atoms with E-state index in [-0.39, 0.29) is 0 Å². The van der Waals surface area contributed by atoms with Crippen LogP contribution in [0.25, 0.3) is 0 Å². The van der Waals surface area contributed by atoms with Crippen LogP contribution in [0.4, 0.5) is 0 Å². The minimum Gasteiger partial charge on any atom is -0.481 e. The van der Waals surface area contributed by atoms with Crippen molar-refractivity contribution in [2.24, 2.45) is 35.5 Å². The van der Waals surface area contributed by atoms with E-state index >= 15 is 0 Å². The normalized spacial score (nSPS) is 14.4. The van der Waals surface area contributed by atoms with Crippen molar-refractivity contribution in [3.8, 4) is 0 Å². The smallest absolute Gasteiger partial charge is 0.303 e. The third-order valence-corrected chi connectivity index (χ3v) is 10.7. The highest BCUT2D eigenvalue weighted by Crippen LogP contribution is 2.24. The van der Waals surface area contributed by atoms with Gasteiger partial charge in [0.2, 0.25) is 0 Å². The van der Waals surface area contributed by atoms with Gasteiger partial charge in [0.15, 0.2) is 0 Å². The average Bonchev–Trinajstić information content (AvgIpc) is 3.04. The summed E-state index contributed by atoms with van der Waals surface area (Å²) < 4.78 is 0. The van der Waals surface area contributed by atoms with Gasteiger partial charge < -0.3 is 5.11 Å². The molecule has 2 nitrogen and oxygen atoms in total. The predicted molar refractivity (Wildman–Crippen MR) is 227 cm³/mol. The number of unbranched alkanes of at least 4 members (excludes halogenated alkanes) is 9. The fourth-order valence-corrected chi connectivity index (χ4v) is 7.03. The largest absolute Gasteiger partial charge is 0.481 e. The molecule has 0 spiro atoms. The Morgan fingerprint density at radius 3 is 1.14 bits per heavy atom. The number of carbonyl (C=O) groups is 1. The van der Waals surface area contributed by atoms with Crippen LogP contribution >= 0.6 is 0 Å². The van der Waals surface area contributed by atoms with E-state index in [9.17, 15) is 4.79 Å². The minimum absolute atomic E-state index is 0.324. The van der Waals surface area contributed by atoms with Gasteiger partial charge in [-0.2, -0.15) is 0 Å². The number of hydrogen-bond donors (Lipinski definition) is 1. The first-order valence-electron chi connectivity index (χ1n) is 22.5. The first-order valence-corrected chi connectivity index (χ1v) is 22.5. The van der Waals surface area contributed by atoms with Crippen LogP contribution in [0.2, 0.25) is 0 Å². The maximum absolute atomic E-state index is 10.3. The summed E-state index contributed by atoms with van der Waals surface area (Å²) in [6, 6.07) is 0. The number of hydrogen-bond acceptors (Lipinski definition) is 1. The van der Waals surface area contributed by atoms with Crippen molar-refractivity contribution >= 4 is 5.97 Å². The third kappa shape index (κ3) is 45.0. The van der Waals surface area contributed by atoms with Crippen LogP contribution in [0, 0.1) is 35.5 Å². The van der Waals surface area contributed by atoms with Gasteiger partial charge >= 0.3 is 5.97 Å². The lowest BCUT2D eigenvalue weighted by atomic mass is 9.90. The quantitative estimate of drug-likeness (QED) is 0.0527. The van der Waals surface area contributed by atoms with Crippen molar-refractivity contribution in [3.63, 3.8) is 0 Å². The predicted octanol–water partition coefficient (Wildman–Crippen LogP) is 17.0. The Morgan fingerprint density at radius 1 is 0.420 bits per heavy atom. The van der Waals surface area contributed by atoms with Crippen LogP contribution < -0.4 is 0 Å². The van der Waals surface area contributed by atoms with Crippen molar-refractivity contribution < 1.29 is 9.90 Å². The molecule has 0 aromatic rings.